The van der Waals surface area contributed by atoms with Gasteiger partial charge in [0, 0.05) is 12.6 Å². The summed E-state index contributed by atoms with van der Waals surface area (Å²) in [7, 11) is 0. The van der Waals surface area contributed by atoms with E-state index in [0.717, 1.165) is 23.1 Å². The number of imide groups is 1. The zero-order valence-electron chi connectivity index (χ0n) is 17.2. The second-order valence-electron chi connectivity index (χ2n) is 7.83. The number of rotatable bonds is 3. The number of hydrogen-bond acceptors (Lipinski definition) is 4. The molecule has 170 valence electrons. The summed E-state index contributed by atoms with van der Waals surface area (Å²) < 4.78 is 54.8. The fourth-order valence-corrected chi connectivity index (χ4v) is 4.15. The van der Waals surface area contributed by atoms with E-state index < -0.39 is 46.5 Å². The van der Waals surface area contributed by atoms with Crippen molar-refractivity contribution in [3.8, 4) is 6.07 Å². The van der Waals surface area contributed by atoms with Gasteiger partial charge in [-0.25, -0.2) is 14.1 Å². The van der Waals surface area contributed by atoms with E-state index in [-0.39, 0.29) is 29.9 Å². The van der Waals surface area contributed by atoms with Crippen LogP contribution in [0.3, 0.4) is 0 Å². The third kappa shape index (κ3) is 3.47. The predicted molar refractivity (Wildman–Crippen MR) is 109 cm³/mol. The first kappa shape index (κ1) is 22.3. The molecule has 1 spiro atoms. The van der Waals surface area contributed by atoms with Gasteiger partial charge in [-0.1, -0.05) is 0 Å². The summed E-state index contributed by atoms with van der Waals surface area (Å²) in [6, 6.07) is 6.68. The zero-order chi connectivity index (χ0) is 24.1. The van der Waals surface area contributed by atoms with Crippen LogP contribution in [0.1, 0.15) is 37.3 Å². The van der Waals surface area contributed by atoms with Crippen LogP contribution in [0.5, 0.6) is 0 Å². The summed E-state index contributed by atoms with van der Waals surface area (Å²) in [6.07, 6.45) is -3.77. The molecule has 1 aliphatic heterocycles. The molecule has 1 N–H and O–H groups in total. The molecule has 33 heavy (non-hydrogen) atoms. The van der Waals surface area contributed by atoms with Gasteiger partial charge in [0.05, 0.1) is 28.6 Å². The summed E-state index contributed by atoms with van der Waals surface area (Å²) in [4.78, 5) is 39.5. The molecule has 11 heteroatoms. The Labute approximate surface area is 185 Å². The molecule has 2 aliphatic rings. The Hall–Kier alpha value is -3.94. The predicted octanol–water partition coefficient (Wildman–Crippen LogP) is 4.57. The van der Waals surface area contributed by atoms with Crippen molar-refractivity contribution in [3.05, 3.63) is 53.3 Å². The van der Waals surface area contributed by atoms with Crippen molar-refractivity contribution >= 4 is 34.9 Å². The number of carbonyl (C=O) groups is 3. The Morgan fingerprint density at radius 1 is 1.12 bits per heavy atom. The standard InChI is InChI=1S/C22H16F4N4O3/c1-12(31)28-18-6-5-15(10-17(18)23)30-20(33)29(19(32)21(30)7-2-8-21)14-4-3-13(11-27)16(9-14)22(24,25)26/h3-6,9-10H,2,7-8H2,1H3,(H,28,31). The van der Waals surface area contributed by atoms with Crippen LogP contribution in [-0.2, 0) is 15.8 Å². The van der Waals surface area contributed by atoms with Crippen LogP contribution < -0.4 is 15.1 Å². The number of nitrogens with one attached hydrogen (secondary N) is 1. The fourth-order valence-electron chi connectivity index (χ4n) is 4.15. The molecule has 1 saturated carbocycles. The molecule has 2 aromatic carbocycles. The topological polar surface area (TPSA) is 93.5 Å². The van der Waals surface area contributed by atoms with E-state index >= 15 is 0 Å². The van der Waals surface area contributed by atoms with Crippen molar-refractivity contribution in [1.29, 1.82) is 5.26 Å². The van der Waals surface area contributed by atoms with Gasteiger partial charge >= 0.3 is 12.2 Å². The van der Waals surface area contributed by atoms with Crippen molar-refractivity contribution in [1.82, 2.24) is 0 Å². The van der Waals surface area contributed by atoms with Crippen molar-refractivity contribution in [2.24, 2.45) is 0 Å². The number of amides is 4. The molecule has 7 nitrogen and oxygen atoms in total. The lowest BCUT2D eigenvalue weighted by atomic mass is 9.75. The van der Waals surface area contributed by atoms with E-state index in [0.29, 0.717) is 17.4 Å². The average Bonchev–Trinajstić information content (AvgIpc) is 2.95. The Morgan fingerprint density at radius 3 is 2.30 bits per heavy atom. The van der Waals surface area contributed by atoms with Crippen LogP contribution in [0.2, 0.25) is 0 Å². The van der Waals surface area contributed by atoms with Gasteiger partial charge in [0.1, 0.15) is 11.4 Å². The van der Waals surface area contributed by atoms with E-state index in [9.17, 15) is 31.9 Å². The number of alkyl halides is 3. The molecule has 0 aromatic heterocycles. The molecule has 2 fully saturated rings. The van der Waals surface area contributed by atoms with Crippen molar-refractivity contribution in [2.45, 2.75) is 37.9 Å². The molecule has 4 amide bonds. The van der Waals surface area contributed by atoms with Gasteiger partial charge in [0.25, 0.3) is 5.91 Å². The Bertz CT molecular complexity index is 1230. The Balaban J connectivity index is 1.79. The molecule has 0 atom stereocenters. The van der Waals surface area contributed by atoms with Crippen LogP contribution in [0, 0.1) is 17.1 Å². The highest BCUT2D eigenvalue weighted by Gasteiger charge is 2.61. The number of benzene rings is 2. The first-order valence-corrected chi connectivity index (χ1v) is 9.87. The monoisotopic (exact) mass is 460 g/mol. The highest BCUT2D eigenvalue weighted by atomic mass is 19.4. The molecule has 4 rings (SSSR count). The number of nitrogens with zero attached hydrogens (tertiary/aromatic N) is 3. The van der Waals surface area contributed by atoms with Crippen LogP contribution in [-0.4, -0.2) is 23.4 Å². The second-order valence-corrected chi connectivity index (χ2v) is 7.83. The Kier molecular flexibility index (Phi) is 5.11. The summed E-state index contributed by atoms with van der Waals surface area (Å²) in [5.41, 5.74) is -3.67. The molecular formula is C22H16F4N4O3. The number of nitriles is 1. The van der Waals surface area contributed by atoms with E-state index in [1.807, 2.05) is 0 Å². The number of hydrogen-bond donors (Lipinski definition) is 1. The lowest BCUT2D eigenvalue weighted by molar-refractivity contribution is -0.137. The molecule has 0 radical (unpaired) electrons. The van der Waals surface area contributed by atoms with Crippen molar-refractivity contribution in [2.75, 3.05) is 15.1 Å². The van der Waals surface area contributed by atoms with E-state index in [2.05, 4.69) is 5.32 Å². The SMILES string of the molecule is CC(=O)Nc1ccc(N2C(=O)N(c3ccc(C#N)c(C(F)(F)F)c3)C(=O)C23CCC3)cc1F. The maximum atomic E-state index is 14.5. The smallest absolute Gasteiger partial charge is 0.324 e. The van der Waals surface area contributed by atoms with Crippen LogP contribution in [0.15, 0.2) is 36.4 Å². The maximum absolute atomic E-state index is 14.5. The normalized spacial score (nSPS) is 17.2. The highest BCUT2D eigenvalue weighted by Crippen LogP contribution is 2.48. The lowest BCUT2D eigenvalue weighted by Gasteiger charge is -2.42. The zero-order valence-corrected chi connectivity index (χ0v) is 17.2. The summed E-state index contributed by atoms with van der Waals surface area (Å²) >= 11 is 0. The van der Waals surface area contributed by atoms with Crippen LogP contribution in [0.4, 0.5) is 39.4 Å². The minimum Gasteiger partial charge on any atom is -0.324 e. The van der Waals surface area contributed by atoms with Gasteiger partial charge in [-0.2, -0.15) is 18.4 Å². The van der Waals surface area contributed by atoms with Crippen molar-refractivity contribution in [3.63, 3.8) is 0 Å². The minimum absolute atomic E-state index is 0.0341. The minimum atomic E-state index is -4.87. The van der Waals surface area contributed by atoms with Crippen LogP contribution >= 0.6 is 0 Å². The molecule has 2 aromatic rings. The summed E-state index contributed by atoms with van der Waals surface area (Å²) in [5, 5.41) is 11.3. The molecule has 1 heterocycles. The third-order valence-electron chi connectivity index (χ3n) is 5.80. The molecule has 1 aliphatic carbocycles. The molecule has 0 unspecified atom stereocenters. The van der Waals surface area contributed by atoms with E-state index in [1.165, 1.54) is 25.1 Å². The van der Waals surface area contributed by atoms with Gasteiger partial charge in [0.15, 0.2) is 0 Å². The largest absolute Gasteiger partial charge is 0.417 e. The van der Waals surface area contributed by atoms with E-state index in [4.69, 9.17) is 5.26 Å². The highest BCUT2D eigenvalue weighted by molar-refractivity contribution is 6.30. The second kappa shape index (κ2) is 7.58. The van der Waals surface area contributed by atoms with Gasteiger partial charge < -0.3 is 5.32 Å². The summed E-state index contributed by atoms with van der Waals surface area (Å²) in [6.45, 7) is 1.20. The quantitative estimate of drug-likeness (QED) is 0.536. The molecule has 1 saturated heterocycles. The number of anilines is 3. The van der Waals surface area contributed by atoms with Gasteiger partial charge in [-0.05, 0) is 55.7 Å². The van der Waals surface area contributed by atoms with Gasteiger partial charge in [-0.3, -0.25) is 14.5 Å². The number of halogens is 4. The van der Waals surface area contributed by atoms with Crippen LogP contribution in [0.25, 0.3) is 0 Å². The molecular weight excluding hydrogens is 444 g/mol. The first-order valence-electron chi connectivity index (χ1n) is 9.87. The van der Waals surface area contributed by atoms with E-state index in [1.54, 1.807) is 0 Å². The lowest BCUT2D eigenvalue weighted by Crippen LogP contribution is -2.55. The van der Waals surface area contributed by atoms with Gasteiger partial charge in [0.2, 0.25) is 5.91 Å². The molecule has 0 bridgehead atoms. The third-order valence-corrected chi connectivity index (χ3v) is 5.80. The first-order chi connectivity index (χ1) is 15.5. The summed E-state index contributed by atoms with van der Waals surface area (Å²) in [5.74, 6) is -2.06. The maximum Gasteiger partial charge on any atom is 0.417 e. The van der Waals surface area contributed by atoms with Crippen molar-refractivity contribution < 1.29 is 31.9 Å². The number of urea groups is 1. The van der Waals surface area contributed by atoms with Gasteiger partial charge in [-0.15, -0.1) is 0 Å². The Morgan fingerprint density at radius 2 is 1.79 bits per heavy atom. The fraction of sp³-hybridized carbons (Fsp3) is 0.273. The average molecular weight is 460 g/mol. The number of carbonyl (C=O) groups excluding carboxylic acids is 3.